The highest BCUT2D eigenvalue weighted by molar-refractivity contribution is 6.30. The fourth-order valence-electron chi connectivity index (χ4n) is 2.98. The van der Waals surface area contributed by atoms with Crippen LogP contribution in [0.1, 0.15) is 6.42 Å². The highest BCUT2D eigenvalue weighted by Gasteiger charge is 2.35. The Labute approximate surface area is 148 Å². The van der Waals surface area contributed by atoms with Crippen molar-refractivity contribution < 1.29 is 9.59 Å². The van der Waals surface area contributed by atoms with Crippen LogP contribution in [0.5, 0.6) is 0 Å². The van der Waals surface area contributed by atoms with Gasteiger partial charge in [0.25, 0.3) is 0 Å². The molecule has 0 saturated carbocycles. The molecule has 1 aliphatic rings. The number of H-pyrrole nitrogens is 1. The summed E-state index contributed by atoms with van der Waals surface area (Å²) >= 11 is 5.88. The lowest BCUT2D eigenvalue weighted by Crippen LogP contribution is -2.28. The Balaban J connectivity index is 1.47. The predicted molar refractivity (Wildman–Crippen MR) is 96.6 cm³/mol. The minimum absolute atomic E-state index is 0.0768. The Morgan fingerprint density at radius 1 is 1.20 bits per heavy atom. The van der Waals surface area contributed by atoms with Crippen LogP contribution in [0.3, 0.4) is 0 Å². The van der Waals surface area contributed by atoms with E-state index in [9.17, 15) is 9.59 Å². The molecule has 0 aliphatic carbocycles. The molecule has 1 saturated heterocycles. The molecule has 7 heteroatoms. The van der Waals surface area contributed by atoms with E-state index in [0.717, 1.165) is 16.7 Å². The first-order chi connectivity index (χ1) is 12.1. The van der Waals surface area contributed by atoms with Crippen LogP contribution in [-0.4, -0.2) is 28.3 Å². The van der Waals surface area contributed by atoms with Crippen LogP contribution in [0.15, 0.2) is 48.5 Å². The molecule has 25 heavy (non-hydrogen) atoms. The van der Waals surface area contributed by atoms with Crippen LogP contribution in [0.25, 0.3) is 11.0 Å². The number of aromatic amines is 1. The average molecular weight is 355 g/mol. The van der Waals surface area contributed by atoms with E-state index in [4.69, 9.17) is 11.6 Å². The van der Waals surface area contributed by atoms with Gasteiger partial charge in [0.2, 0.25) is 17.8 Å². The van der Waals surface area contributed by atoms with Crippen LogP contribution in [0.4, 0.5) is 11.6 Å². The summed E-state index contributed by atoms with van der Waals surface area (Å²) in [6.45, 7) is 0.340. The summed E-state index contributed by atoms with van der Waals surface area (Å²) in [6.07, 6.45) is 0.175. The molecular weight excluding hydrogens is 340 g/mol. The van der Waals surface area contributed by atoms with Crippen LogP contribution < -0.4 is 10.2 Å². The van der Waals surface area contributed by atoms with Gasteiger partial charge in [0.05, 0.1) is 17.0 Å². The number of anilines is 2. The molecule has 1 unspecified atom stereocenters. The van der Waals surface area contributed by atoms with Gasteiger partial charge >= 0.3 is 0 Å². The second-order valence-corrected chi connectivity index (χ2v) is 6.41. The minimum Gasteiger partial charge on any atom is -0.324 e. The van der Waals surface area contributed by atoms with Crippen molar-refractivity contribution in [3.63, 3.8) is 0 Å². The molecule has 2 N–H and O–H groups in total. The molecule has 2 amide bonds. The van der Waals surface area contributed by atoms with Crippen molar-refractivity contribution in [3.05, 3.63) is 53.6 Å². The molecule has 0 spiro atoms. The number of imidazole rings is 1. The second-order valence-electron chi connectivity index (χ2n) is 5.97. The van der Waals surface area contributed by atoms with E-state index in [1.54, 1.807) is 29.2 Å². The molecule has 0 bridgehead atoms. The smallest absolute Gasteiger partial charge is 0.232 e. The van der Waals surface area contributed by atoms with Crippen molar-refractivity contribution in [1.29, 1.82) is 0 Å². The third kappa shape index (κ3) is 3.08. The van der Waals surface area contributed by atoms with Crippen molar-refractivity contribution in [1.82, 2.24) is 9.97 Å². The van der Waals surface area contributed by atoms with Crippen LogP contribution in [-0.2, 0) is 9.59 Å². The quantitative estimate of drug-likeness (QED) is 0.758. The van der Waals surface area contributed by atoms with E-state index < -0.39 is 5.92 Å². The van der Waals surface area contributed by atoms with E-state index in [-0.39, 0.29) is 18.2 Å². The number of nitrogens with zero attached hydrogens (tertiary/aromatic N) is 2. The van der Waals surface area contributed by atoms with Crippen molar-refractivity contribution in [2.75, 3.05) is 16.8 Å². The summed E-state index contributed by atoms with van der Waals surface area (Å²) < 4.78 is 0. The number of carbonyl (C=O) groups excluding carboxylic acids is 2. The third-order valence-electron chi connectivity index (χ3n) is 4.27. The second kappa shape index (κ2) is 6.22. The van der Waals surface area contributed by atoms with E-state index in [1.165, 1.54) is 0 Å². The monoisotopic (exact) mass is 354 g/mol. The number of halogens is 1. The number of nitrogens with one attached hydrogen (secondary N) is 2. The van der Waals surface area contributed by atoms with Gasteiger partial charge < -0.3 is 9.88 Å². The molecule has 2 aromatic carbocycles. The number of aromatic nitrogens is 2. The van der Waals surface area contributed by atoms with Gasteiger partial charge in [-0.2, -0.15) is 0 Å². The molecule has 1 aromatic heterocycles. The Hall–Kier alpha value is -2.86. The highest BCUT2D eigenvalue weighted by atomic mass is 35.5. The first kappa shape index (κ1) is 15.7. The zero-order valence-electron chi connectivity index (χ0n) is 13.2. The van der Waals surface area contributed by atoms with E-state index in [2.05, 4.69) is 15.3 Å². The number of hydrogen-bond donors (Lipinski definition) is 2. The molecule has 1 atom stereocenters. The van der Waals surface area contributed by atoms with Crippen LogP contribution in [0.2, 0.25) is 5.02 Å². The van der Waals surface area contributed by atoms with Gasteiger partial charge in [0.15, 0.2) is 0 Å². The molecule has 4 rings (SSSR count). The Morgan fingerprint density at radius 3 is 2.72 bits per heavy atom. The lowest BCUT2D eigenvalue weighted by molar-refractivity contribution is -0.122. The Morgan fingerprint density at radius 2 is 1.96 bits per heavy atom. The van der Waals surface area contributed by atoms with Gasteiger partial charge in [0, 0.05) is 23.7 Å². The molecular formula is C18H15ClN4O2. The summed E-state index contributed by atoms with van der Waals surface area (Å²) in [7, 11) is 0. The van der Waals surface area contributed by atoms with Gasteiger partial charge in [0.1, 0.15) is 0 Å². The van der Waals surface area contributed by atoms with E-state index in [1.807, 2.05) is 24.3 Å². The summed E-state index contributed by atoms with van der Waals surface area (Å²) in [5, 5.41) is 3.38. The van der Waals surface area contributed by atoms with E-state index in [0.29, 0.717) is 17.5 Å². The molecule has 0 radical (unpaired) electrons. The fourth-order valence-corrected chi connectivity index (χ4v) is 3.11. The molecule has 126 valence electrons. The maximum atomic E-state index is 12.5. The number of fused-ring (bicyclic) bond motifs is 1. The predicted octanol–water partition coefficient (Wildman–Crippen LogP) is 3.21. The summed E-state index contributed by atoms with van der Waals surface area (Å²) in [6, 6.07) is 14.5. The van der Waals surface area contributed by atoms with Crippen LogP contribution >= 0.6 is 11.6 Å². The normalized spacial score (nSPS) is 17.2. The average Bonchev–Trinajstić information content (AvgIpc) is 3.18. The number of para-hydroxylation sites is 2. The maximum Gasteiger partial charge on any atom is 0.232 e. The first-order valence-electron chi connectivity index (χ1n) is 7.92. The van der Waals surface area contributed by atoms with Gasteiger partial charge in [-0.15, -0.1) is 0 Å². The summed E-state index contributed by atoms with van der Waals surface area (Å²) in [5.74, 6) is -0.323. The molecule has 2 heterocycles. The summed E-state index contributed by atoms with van der Waals surface area (Å²) in [4.78, 5) is 33.7. The lowest BCUT2D eigenvalue weighted by Gasteiger charge is -2.16. The zero-order valence-corrected chi connectivity index (χ0v) is 14.0. The molecule has 1 fully saturated rings. The first-order valence-corrected chi connectivity index (χ1v) is 8.29. The molecule has 1 aliphatic heterocycles. The molecule has 3 aromatic rings. The maximum absolute atomic E-state index is 12.5. The van der Waals surface area contributed by atoms with Gasteiger partial charge in [-0.25, -0.2) is 4.98 Å². The lowest BCUT2D eigenvalue weighted by atomic mass is 10.1. The Bertz CT molecular complexity index is 918. The zero-order chi connectivity index (χ0) is 17.4. The van der Waals surface area contributed by atoms with Gasteiger partial charge in [-0.3, -0.25) is 14.9 Å². The van der Waals surface area contributed by atoms with Gasteiger partial charge in [-0.05, 0) is 36.4 Å². The standard InChI is InChI=1S/C18H15ClN4O2/c19-12-5-7-13(8-6-12)23-10-11(9-16(23)24)17(25)22-18-20-14-3-1-2-4-15(14)21-18/h1-8,11H,9-10H2,(H2,20,21,22,25). The van der Waals surface area contributed by atoms with Gasteiger partial charge in [-0.1, -0.05) is 23.7 Å². The Kier molecular flexibility index (Phi) is 3.89. The van der Waals surface area contributed by atoms with E-state index >= 15 is 0 Å². The molecule has 6 nitrogen and oxygen atoms in total. The number of rotatable bonds is 3. The topological polar surface area (TPSA) is 78.1 Å². The van der Waals surface area contributed by atoms with Crippen molar-refractivity contribution in [2.45, 2.75) is 6.42 Å². The number of amides is 2. The SMILES string of the molecule is O=C(Nc1nc2ccccc2[nH]1)C1CC(=O)N(c2ccc(Cl)cc2)C1. The highest BCUT2D eigenvalue weighted by Crippen LogP contribution is 2.27. The largest absolute Gasteiger partial charge is 0.324 e. The number of hydrogen-bond acceptors (Lipinski definition) is 3. The number of carbonyl (C=O) groups is 2. The minimum atomic E-state index is -0.420. The van der Waals surface area contributed by atoms with Crippen molar-refractivity contribution in [3.8, 4) is 0 Å². The van der Waals surface area contributed by atoms with Crippen molar-refractivity contribution in [2.24, 2.45) is 5.92 Å². The third-order valence-corrected chi connectivity index (χ3v) is 4.52. The fraction of sp³-hybridized carbons (Fsp3) is 0.167. The summed E-state index contributed by atoms with van der Waals surface area (Å²) in [5.41, 5.74) is 2.37. The van der Waals surface area contributed by atoms with Crippen molar-refractivity contribution >= 4 is 46.1 Å². The number of benzene rings is 2. The van der Waals surface area contributed by atoms with Crippen LogP contribution in [0, 0.1) is 5.92 Å².